The first kappa shape index (κ1) is 8.60. The first-order valence-corrected chi connectivity index (χ1v) is 4.84. The highest BCUT2D eigenvalue weighted by molar-refractivity contribution is 5.76. The van der Waals surface area contributed by atoms with Crippen molar-refractivity contribution in [3.05, 3.63) is 11.3 Å². The molecule has 0 aromatic carbocycles. The van der Waals surface area contributed by atoms with E-state index in [9.17, 15) is 4.79 Å². The van der Waals surface area contributed by atoms with Gasteiger partial charge in [0, 0.05) is 6.42 Å². The Bertz CT molecular complexity index is 255. The van der Waals surface area contributed by atoms with E-state index >= 15 is 0 Å². The molecule has 1 atom stereocenters. The van der Waals surface area contributed by atoms with Crippen LogP contribution in [0.3, 0.4) is 0 Å². The average molecular weight is 182 g/mol. The van der Waals surface area contributed by atoms with E-state index in [4.69, 9.17) is 9.47 Å². The summed E-state index contributed by atoms with van der Waals surface area (Å²) in [5.74, 6) is 0.699. The number of hydrogen-bond donors (Lipinski definition) is 0. The molecule has 0 amide bonds. The molecule has 1 aliphatic carbocycles. The lowest BCUT2D eigenvalue weighted by Gasteiger charge is -2.11. The van der Waals surface area contributed by atoms with Crippen LogP contribution >= 0.6 is 0 Å². The second kappa shape index (κ2) is 3.40. The topological polar surface area (TPSA) is 35.5 Å². The molecule has 0 saturated heterocycles. The van der Waals surface area contributed by atoms with Crippen LogP contribution in [0.5, 0.6) is 0 Å². The number of hydrogen-bond acceptors (Lipinski definition) is 3. The predicted molar refractivity (Wildman–Crippen MR) is 47.0 cm³/mol. The minimum Gasteiger partial charge on any atom is -0.497 e. The zero-order valence-corrected chi connectivity index (χ0v) is 7.84. The molecule has 3 nitrogen and oxygen atoms in total. The Labute approximate surface area is 77.7 Å². The monoisotopic (exact) mass is 182 g/mol. The van der Waals surface area contributed by atoms with Crippen LogP contribution in [0.2, 0.25) is 0 Å². The zero-order chi connectivity index (χ0) is 9.26. The summed E-state index contributed by atoms with van der Waals surface area (Å²) in [5.41, 5.74) is 1.33. The third-order valence-electron chi connectivity index (χ3n) is 2.63. The first-order chi connectivity index (χ1) is 6.33. The van der Waals surface area contributed by atoms with Crippen molar-refractivity contribution in [1.82, 2.24) is 0 Å². The van der Waals surface area contributed by atoms with Gasteiger partial charge in [0.05, 0.1) is 13.2 Å². The Balaban J connectivity index is 2.05. The van der Waals surface area contributed by atoms with Gasteiger partial charge in [-0.15, -0.1) is 0 Å². The van der Waals surface area contributed by atoms with Gasteiger partial charge in [-0.25, -0.2) is 0 Å². The zero-order valence-electron chi connectivity index (χ0n) is 7.84. The molecule has 0 aromatic rings. The van der Waals surface area contributed by atoms with Gasteiger partial charge in [0.25, 0.3) is 0 Å². The Hall–Kier alpha value is -0.990. The summed E-state index contributed by atoms with van der Waals surface area (Å²) in [5, 5.41) is 0. The highest BCUT2D eigenvalue weighted by Gasteiger charge is 2.36. The quantitative estimate of drug-likeness (QED) is 0.609. The second-order valence-electron chi connectivity index (χ2n) is 3.41. The molecular weight excluding hydrogens is 168 g/mol. The standard InChI is InChI=1S/C10H14O3/c1-2-12-10(11)8-4-3-7-5-6-13-9(7)8/h8H,2-6H2,1H3. The van der Waals surface area contributed by atoms with E-state index in [1.165, 1.54) is 5.57 Å². The molecule has 0 saturated carbocycles. The van der Waals surface area contributed by atoms with Crippen molar-refractivity contribution in [2.75, 3.05) is 13.2 Å². The molecular formula is C10H14O3. The van der Waals surface area contributed by atoms with E-state index in [2.05, 4.69) is 0 Å². The third kappa shape index (κ3) is 1.43. The molecule has 3 heteroatoms. The maximum absolute atomic E-state index is 11.5. The molecule has 72 valence electrons. The minimum absolute atomic E-state index is 0.0996. The van der Waals surface area contributed by atoms with Crippen molar-refractivity contribution in [3.63, 3.8) is 0 Å². The van der Waals surface area contributed by atoms with E-state index in [0.29, 0.717) is 6.61 Å². The molecule has 0 N–H and O–H groups in total. The van der Waals surface area contributed by atoms with E-state index < -0.39 is 0 Å². The van der Waals surface area contributed by atoms with Crippen LogP contribution in [-0.4, -0.2) is 19.2 Å². The fourth-order valence-electron chi connectivity index (χ4n) is 2.02. The Morgan fingerprint density at radius 3 is 3.23 bits per heavy atom. The maximum Gasteiger partial charge on any atom is 0.316 e. The van der Waals surface area contributed by atoms with Crippen molar-refractivity contribution in [2.45, 2.75) is 26.2 Å². The molecule has 2 aliphatic rings. The lowest BCUT2D eigenvalue weighted by atomic mass is 10.1. The molecule has 2 rings (SSSR count). The Morgan fingerprint density at radius 2 is 2.46 bits per heavy atom. The average Bonchev–Trinajstić information content (AvgIpc) is 2.62. The fourth-order valence-corrected chi connectivity index (χ4v) is 2.02. The fraction of sp³-hybridized carbons (Fsp3) is 0.700. The maximum atomic E-state index is 11.5. The number of carbonyl (C=O) groups is 1. The lowest BCUT2D eigenvalue weighted by Crippen LogP contribution is -2.18. The third-order valence-corrected chi connectivity index (χ3v) is 2.63. The van der Waals surface area contributed by atoms with Crippen molar-refractivity contribution in [1.29, 1.82) is 0 Å². The number of carbonyl (C=O) groups excluding carboxylic acids is 1. The van der Waals surface area contributed by atoms with Gasteiger partial charge in [-0.1, -0.05) is 0 Å². The first-order valence-electron chi connectivity index (χ1n) is 4.84. The molecule has 0 fully saturated rings. The summed E-state index contributed by atoms with van der Waals surface area (Å²) in [6.07, 6.45) is 2.90. The normalized spacial score (nSPS) is 25.8. The van der Waals surface area contributed by atoms with E-state index in [0.717, 1.165) is 31.6 Å². The van der Waals surface area contributed by atoms with Gasteiger partial charge in [0.2, 0.25) is 0 Å². The Morgan fingerprint density at radius 1 is 1.62 bits per heavy atom. The van der Waals surface area contributed by atoms with E-state index in [1.807, 2.05) is 6.92 Å². The number of rotatable bonds is 2. The molecule has 0 radical (unpaired) electrons. The van der Waals surface area contributed by atoms with Crippen LogP contribution in [0.4, 0.5) is 0 Å². The highest BCUT2D eigenvalue weighted by atomic mass is 16.5. The summed E-state index contributed by atoms with van der Waals surface area (Å²) in [7, 11) is 0. The Kier molecular flexibility index (Phi) is 2.25. The molecule has 1 aliphatic heterocycles. The van der Waals surface area contributed by atoms with Gasteiger partial charge >= 0.3 is 5.97 Å². The van der Waals surface area contributed by atoms with Crippen LogP contribution < -0.4 is 0 Å². The largest absolute Gasteiger partial charge is 0.497 e. The summed E-state index contributed by atoms with van der Waals surface area (Å²) in [4.78, 5) is 11.5. The van der Waals surface area contributed by atoms with E-state index in [-0.39, 0.29) is 11.9 Å². The van der Waals surface area contributed by atoms with Crippen molar-refractivity contribution in [3.8, 4) is 0 Å². The SMILES string of the molecule is CCOC(=O)C1CCC2=C1OCC2. The lowest BCUT2D eigenvalue weighted by molar-refractivity contribution is -0.147. The number of esters is 1. The molecule has 1 heterocycles. The van der Waals surface area contributed by atoms with Crippen molar-refractivity contribution >= 4 is 5.97 Å². The molecule has 0 bridgehead atoms. The van der Waals surface area contributed by atoms with Crippen molar-refractivity contribution < 1.29 is 14.3 Å². The molecule has 13 heavy (non-hydrogen) atoms. The van der Waals surface area contributed by atoms with Crippen LogP contribution in [0.15, 0.2) is 11.3 Å². The molecule has 0 spiro atoms. The summed E-state index contributed by atoms with van der Waals surface area (Å²) in [6.45, 7) is 3.04. The van der Waals surface area contributed by atoms with Gasteiger partial charge in [-0.2, -0.15) is 0 Å². The van der Waals surface area contributed by atoms with Crippen LogP contribution in [0.1, 0.15) is 26.2 Å². The number of ether oxygens (including phenoxy) is 2. The van der Waals surface area contributed by atoms with Gasteiger partial charge in [0.1, 0.15) is 11.7 Å². The van der Waals surface area contributed by atoms with Gasteiger partial charge in [-0.3, -0.25) is 4.79 Å². The van der Waals surface area contributed by atoms with Gasteiger partial charge in [-0.05, 0) is 25.3 Å². The highest BCUT2D eigenvalue weighted by Crippen LogP contribution is 2.39. The van der Waals surface area contributed by atoms with Crippen LogP contribution in [-0.2, 0) is 14.3 Å². The summed E-state index contributed by atoms with van der Waals surface area (Å²) < 4.78 is 10.4. The van der Waals surface area contributed by atoms with Crippen LogP contribution in [0, 0.1) is 5.92 Å². The van der Waals surface area contributed by atoms with Gasteiger partial charge < -0.3 is 9.47 Å². The van der Waals surface area contributed by atoms with Crippen LogP contribution in [0.25, 0.3) is 0 Å². The second-order valence-corrected chi connectivity index (χ2v) is 3.41. The predicted octanol–water partition coefficient (Wildman–Crippen LogP) is 1.63. The van der Waals surface area contributed by atoms with E-state index in [1.54, 1.807) is 0 Å². The molecule has 1 unspecified atom stereocenters. The minimum atomic E-state index is -0.116. The summed E-state index contributed by atoms with van der Waals surface area (Å²) >= 11 is 0. The van der Waals surface area contributed by atoms with Gasteiger partial charge in [0.15, 0.2) is 0 Å². The molecule has 0 aromatic heterocycles. The van der Waals surface area contributed by atoms with Crippen molar-refractivity contribution in [2.24, 2.45) is 5.92 Å². The smallest absolute Gasteiger partial charge is 0.316 e. The summed E-state index contributed by atoms with van der Waals surface area (Å²) in [6, 6.07) is 0.